The Bertz CT molecular complexity index is 306. The van der Waals surface area contributed by atoms with Crippen molar-refractivity contribution in [1.29, 1.82) is 0 Å². The largest absolute Gasteiger partial charge is 0.379 e. The van der Waals surface area contributed by atoms with Crippen LogP contribution >= 0.6 is 0 Å². The van der Waals surface area contributed by atoms with Crippen molar-refractivity contribution in [2.45, 2.75) is 12.5 Å². The fourth-order valence-electron chi connectivity index (χ4n) is 0.457. The van der Waals surface area contributed by atoms with Crippen molar-refractivity contribution in [3.63, 3.8) is 0 Å². The smallest absolute Gasteiger partial charge is 0.235 e. The van der Waals surface area contributed by atoms with E-state index in [1.807, 2.05) is 0 Å². The molecule has 0 aliphatic heterocycles. The minimum Gasteiger partial charge on any atom is -0.379 e. The predicted octanol–water partition coefficient (Wildman–Crippen LogP) is -0.618. The molecule has 0 saturated carbocycles. The molecule has 2 N–H and O–H groups in total. The Kier molecular flexibility index (Phi) is 4.68. The summed E-state index contributed by atoms with van der Waals surface area (Å²) < 4.78 is 0. The number of azide groups is 2. The van der Waals surface area contributed by atoms with Crippen molar-refractivity contribution >= 4 is 11.6 Å². The molecule has 0 aromatic carbocycles. The molecule has 0 heterocycles. The zero-order valence-corrected chi connectivity index (χ0v) is 6.55. The van der Waals surface area contributed by atoms with Gasteiger partial charge in [0, 0.05) is 9.82 Å². The Balaban J connectivity index is 4.62. The molecule has 0 aromatic heterocycles. The van der Waals surface area contributed by atoms with Gasteiger partial charge in [0.05, 0.1) is 0 Å². The minimum atomic E-state index is -2.23. The van der Waals surface area contributed by atoms with Crippen molar-refractivity contribution in [2.75, 3.05) is 0 Å². The maximum Gasteiger partial charge on any atom is 0.235 e. The van der Waals surface area contributed by atoms with Gasteiger partial charge in [-0.2, -0.15) is 0 Å². The van der Waals surface area contributed by atoms with E-state index >= 15 is 0 Å². The van der Waals surface area contributed by atoms with E-state index in [4.69, 9.17) is 21.3 Å². The lowest BCUT2D eigenvalue weighted by Gasteiger charge is -2.02. The van der Waals surface area contributed by atoms with E-state index in [1.54, 1.807) is 0 Å². The average Bonchev–Trinajstić information content (AvgIpc) is 2.16. The number of hydrogen-bond donors (Lipinski definition) is 2. The quantitative estimate of drug-likeness (QED) is 0.260. The summed E-state index contributed by atoms with van der Waals surface area (Å²) in [6, 6.07) is 0. The lowest BCUT2D eigenvalue weighted by Crippen LogP contribution is -2.33. The molecule has 74 valence electrons. The van der Waals surface area contributed by atoms with Crippen LogP contribution in [0.1, 0.15) is 0 Å². The number of carbonyl (C=O) groups is 2. The maximum atomic E-state index is 10.7. The van der Waals surface area contributed by atoms with E-state index in [1.165, 1.54) is 0 Å². The Labute approximate surface area is 76.0 Å². The van der Waals surface area contributed by atoms with E-state index in [0.717, 1.165) is 0 Å². The van der Waals surface area contributed by atoms with Gasteiger partial charge in [-0.25, -0.2) is 0 Å². The van der Waals surface area contributed by atoms with Gasteiger partial charge >= 0.3 is 0 Å². The van der Waals surface area contributed by atoms with Gasteiger partial charge in [-0.05, 0) is 11.1 Å². The highest BCUT2D eigenvalue weighted by atomic mass is 16.3. The highest BCUT2D eigenvalue weighted by Gasteiger charge is 2.27. The number of aliphatic hydroxyl groups excluding tert-OH is 2. The van der Waals surface area contributed by atoms with Crippen molar-refractivity contribution in [3.8, 4) is 0 Å². The molecule has 0 aromatic rings. The fraction of sp³-hybridized carbons (Fsp3) is 0.500. The summed E-state index contributed by atoms with van der Waals surface area (Å²) in [7, 11) is 0. The first-order valence-electron chi connectivity index (χ1n) is 3.07. The Hall–Kier alpha value is -2.12. The van der Waals surface area contributed by atoms with Gasteiger partial charge < -0.3 is 10.2 Å². The molecule has 0 saturated heterocycles. The molecule has 10 heteroatoms. The SMILES string of the molecule is [N-]=[N+]=NC(O)C(=O)C(=O)C(O)N=[N+]=[N-]. The van der Waals surface area contributed by atoms with Crippen LogP contribution in [0.25, 0.3) is 20.9 Å². The second-order valence-corrected chi connectivity index (χ2v) is 1.89. The normalized spacial score (nSPS) is 13.0. The van der Waals surface area contributed by atoms with Crippen LogP contribution < -0.4 is 0 Å². The number of Topliss-reactive ketones (excluding diaryl/α,β-unsaturated/α-hetero) is 2. The minimum absolute atomic E-state index is 1.55. The number of ketones is 2. The van der Waals surface area contributed by atoms with Crippen LogP contribution in [-0.4, -0.2) is 34.2 Å². The first-order valence-corrected chi connectivity index (χ1v) is 3.07. The van der Waals surface area contributed by atoms with Gasteiger partial charge in [0.15, 0.2) is 12.5 Å². The summed E-state index contributed by atoms with van der Waals surface area (Å²) in [6.45, 7) is 0. The topological polar surface area (TPSA) is 172 Å². The monoisotopic (exact) mass is 200 g/mol. The second kappa shape index (κ2) is 5.51. The number of carbonyl (C=O) groups excluding carboxylic acids is 2. The summed E-state index contributed by atoms with van der Waals surface area (Å²) in [5, 5.41) is 22.4. The molecule has 0 aliphatic rings. The van der Waals surface area contributed by atoms with E-state index in [-0.39, 0.29) is 0 Å². The molecular weight excluding hydrogens is 196 g/mol. The molecule has 14 heavy (non-hydrogen) atoms. The first-order chi connectivity index (χ1) is 6.54. The number of aliphatic hydroxyl groups is 2. The van der Waals surface area contributed by atoms with Crippen LogP contribution in [0.15, 0.2) is 10.2 Å². The molecular formula is C4H4N6O4. The van der Waals surface area contributed by atoms with Crippen LogP contribution in [0, 0.1) is 0 Å². The summed E-state index contributed by atoms with van der Waals surface area (Å²) in [4.78, 5) is 25.6. The third-order valence-electron chi connectivity index (χ3n) is 1.03. The number of nitrogens with zero attached hydrogens (tertiary/aromatic N) is 6. The lowest BCUT2D eigenvalue weighted by atomic mass is 10.2. The van der Waals surface area contributed by atoms with Crippen LogP contribution in [0.3, 0.4) is 0 Å². The fourth-order valence-corrected chi connectivity index (χ4v) is 0.457. The molecule has 10 nitrogen and oxygen atoms in total. The van der Waals surface area contributed by atoms with Gasteiger partial charge in [0.2, 0.25) is 11.6 Å². The summed E-state index contributed by atoms with van der Waals surface area (Å²) in [5.74, 6) is -3.11. The van der Waals surface area contributed by atoms with E-state index < -0.39 is 24.0 Å². The molecule has 0 spiro atoms. The van der Waals surface area contributed by atoms with Crippen LogP contribution in [0.2, 0.25) is 0 Å². The number of rotatable bonds is 5. The lowest BCUT2D eigenvalue weighted by molar-refractivity contribution is -0.145. The predicted molar refractivity (Wildman–Crippen MR) is 40.3 cm³/mol. The standard InChI is InChI=1S/C4H4N6O4/c5-9-7-3(13)1(11)2(12)4(14)8-10-6/h3-4,13-14H. The molecule has 0 fully saturated rings. The summed E-state index contributed by atoms with van der Waals surface area (Å²) in [5.41, 5.74) is 15.6. The van der Waals surface area contributed by atoms with Crippen molar-refractivity contribution in [3.05, 3.63) is 20.9 Å². The Morgan fingerprint density at radius 3 is 1.50 bits per heavy atom. The van der Waals surface area contributed by atoms with Gasteiger partial charge in [-0.15, -0.1) is 0 Å². The third kappa shape index (κ3) is 3.09. The molecule has 2 atom stereocenters. The van der Waals surface area contributed by atoms with E-state index in [0.29, 0.717) is 0 Å². The van der Waals surface area contributed by atoms with E-state index in [9.17, 15) is 9.59 Å². The zero-order valence-electron chi connectivity index (χ0n) is 6.55. The zero-order chi connectivity index (χ0) is 11.1. The van der Waals surface area contributed by atoms with Crippen molar-refractivity contribution in [2.24, 2.45) is 10.2 Å². The van der Waals surface area contributed by atoms with Crippen LogP contribution in [0.4, 0.5) is 0 Å². The molecule has 0 amide bonds. The molecule has 0 bridgehead atoms. The third-order valence-corrected chi connectivity index (χ3v) is 1.03. The highest BCUT2D eigenvalue weighted by molar-refractivity contribution is 6.40. The van der Waals surface area contributed by atoms with Gasteiger partial charge in [0.25, 0.3) is 0 Å². The molecule has 0 aliphatic carbocycles. The molecule has 0 radical (unpaired) electrons. The highest BCUT2D eigenvalue weighted by Crippen LogP contribution is 1.96. The first kappa shape index (κ1) is 11.9. The molecule has 2 unspecified atom stereocenters. The summed E-state index contributed by atoms with van der Waals surface area (Å²) in [6.07, 6.45) is -4.45. The van der Waals surface area contributed by atoms with Crippen molar-refractivity contribution in [1.82, 2.24) is 0 Å². The van der Waals surface area contributed by atoms with Gasteiger partial charge in [0.1, 0.15) is 0 Å². The maximum absolute atomic E-state index is 10.7. The average molecular weight is 200 g/mol. The van der Waals surface area contributed by atoms with Crippen LogP contribution in [-0.2, 0) is 9.59 Å². The Morgan fingerprint density at radius 2 is 1.29 bits per heavy atom. The summed E-state index contributed by atoms with van der Waals surface area (Å²) >= 11 is 0. The second-order valence-electron chi connectivity index (χ2n) is 1.89. The number of hydrogen-bond acceptors (Lipinski definition) is 6. The van der Waals surface area contributed by atoms with Crippen LogP contribution in [0.5, 0.6) is 0 Å². The molecule has 0 rings (SSSR count). The van der Waals surface area contributed by atoms with Gasteiger partial charge in [-0.1, -0.05) is 10.2 Å². The van der Waals surface area contributed by atoms with Gasteiger partial charge in [-0.3, -0.25) is 9.59 Å². The van der Waals surface area contributed by atoms with E-state index in [2.05, 4.69) is 20.1 Å². The Morgan fingerprint density at radius 1 is 1.00 bits per heavy atom. The van der Waals surface area contributed by atoms with Crippen molar-refractivity contribution < 1.29 is 19.8 Å².